The highest BCUT2D eigenvalue weighted by molar-refractivity contribution is 5.81. The zero-order valence-electron chi connectivity index (χ0n) is 28.3. The summed E-state index contributed by atoms with van der Waals surface area (Å²) in [4.78, 5) is 10.8. The smallest absolute Gasteiger partial charge is 0.330 e. The van der Waals surface area contributed by atoms with Crippen molar-refractivity contribution >= 4 is 5.97 Å². The highest BCUT2D eigenvalue weighted by Gasteiger charge is 2.13. The van der Waals surface area contributed by atoms with Crippen LogP contribution in [0.25, 0.3) is 0 Å². The van der Waals surface area contributed by atoms with Crippen molar-refractivity contribution in [3.8, 4) is 0 Å². The van der Waals surface area contributed by atoms with Gasteiger partial charge in [0.1, 0.15) is 6.61 Å². The number of hydrogen-bond donors (Lipinski definition) is 0. The van der Waals surface area contributed by atoms with Crippen molar-refractivity contribution in [1.82, 2.24) is 0 Å². The van der Waals surface area contributed by atoms with Crippen LogP contribution in [0.2, 0.25) is 0 Å². The lowest BCUT2D eigenvalue weighted by Gasteiger charge is -2.22. The predicted molar refractivity (Wildman–Crippen MR) is 170 cm³/mol. The van der Waals surface area contributed by atoms with Crippen LogP contribution in [0, 0.1) is 0 Å². The van der Waals surface area contributed by atoms with E-state index in [4.69, 9.17) is 66.3 Å². The first-order chi connectivity index (χ1) is 23.3. The van der Waals surface area contributed by atoms with Crippen LogP contribution < -0.4 is 0 Å². The van der Waals surface area contributed by atoms with E-state index in [9.17, 15) is 4.79 Å². The normalized spacial score (nSPS) is 14.9. The second-order valence-electron chi connectivity index (χ2n) is 9.77. The number of ether oxygens (including phenoxy) is 14. The number of hydrogen-bond acceptors (Lipinski definition) is 15. The van der Waals surface area contributed by atoms with Gasteiger partial charge in [0.15, 0.2) is 6.29 Å². The summed E-state index contributed by atoms with van der Waals surface area (Å²) in [5, 5.41) is 0. The summed E-state index contributed by atoms with van der Waals surface area (Å²) >= 11 is 0. The molecule has 0 saturated carbocycles. The molecule has 0 aliphatic carbocycles. The molecule has 1 heterocycles. The molecule has 0 amide bonds. The van der Waals surface area contributed by atoms with Gasteiger partial charge in [0.25, 0.3) is 0 Å². The van der Waals surface area contributed by atoms with Crippen LogP contribution in [-0.2, 0) is 71.1 Å². The highest BCUT2D eigenvalue weighted by Crippen LogP contribution is 2.13. The third-order valence-corrected chi connectivity index (χ3v) is 6.03. The van der Waals surface area contributed by atoms with Crippen molar-refractivity contribution < 1.29 is 71.1 Å². The zero-order chi connectivity index (χ0) is 33.6. The largest absolute Gasteiger partial charge is 0.460 e. The van der Waals surface area contributed by atoms with E-state index >= 15 is 0 Å². The Kier molecular flexibility index (Phi) is 34.9. The average Bonchev–Trinajstić information content (AvgIpc) is 3.10. The second-order valence-corrected chi connectivity index (χ2v) is 9.77. The molecule has 1 aliphatic rings. The van der Waals surface area contributed by atoms with E-state index in [1.165, 1.54) is 0 Å². The van der Waals surface area contributed by atoms with Crippen LogP contribution >= 0.6 is 0 Å². The van der Waals surface area contributed by atoms with Gasteiger partial charge in [-0.3, -0.25) is 0 Å². The summed E-state index contributed by atoms with van der Waals surface area (Å²) in [7, 11) is 0. The Morgan fingerprint density at radius 2 is 0.766 bits per heavy atom. The molecule has 1 atom stereocenters. The fourth-order valence-corrected chi connectivity index (χ4v) is 3.64. The quantitative estimate of drug-likeness (QED) is 0.0525. The minimum atomic E-state index is -0.460. The Morgan fingerprint density at radius 1 is 0.468 bits per heavy atom. The molecule has 0 aromatic carbocycles. The molecule has 0 spiro atoms. The Balaban J connectivity index is 1.60. The summed E-state index contributed by atoms with van der Waals surface area (Å²) in [5.74, 6) is -0.460. The first kappa shape index (κ1) is 43.7. The van der Waals surface area contributed by atoms with E-state index in [2.05, 4.69) is 6.58 Å². The van der Waals surface area contributed by atoms with Crippen molar-refractivity contribution in [3.05, 3.63) is 12.7 Å². The standard InChI is InChI=1S/C32H60O15/c1-2-31(33)45-29-27-43-25-23-41-21-19-39-17-15-37-13-11-35-9-7-34-8-10-36-12-14-38-16-18-40-20-22-42-24-26-44-28-30-47-32-5-3-4-6-46-32/h2,32H,1,3-30H2. The molecule has 0 N–H and O–H groups in total. The van der Waals surface area contributed by atoms with Crippen molar-refractivity contribution in [2.45, 2.75) is 25.6 Å². The van der Waals surface area contributed by atoms with Gasteiger partial charge >= 0.3 is 5.97 Å². The molecule has 1 unspecified atom stereocenters. The molecule has 1 saturated heterocycles. The van der Waals surface area contributed by atoms with Crippen molar-refractivity contribution in [1.29, 1.82) is 0 Å². The van der Waals surface area contributed by atoms with Gasteiger partial charge in [0, 0.05) is 12.7 Å². The molecule has 0 aromatic heterocycles. The summed E-state index contributed by atoms with van der Waals surface area (Å²) < 4.78 is 75.8. The molecular weight excluding hydrogens is 624 g/mol. The maximum Gasteiger partial charge on any atom is 0.330 e. The topological polar surface area (TPSA) is 146 Å². The number of carbonyl (C=O) groups excluding carboxylic acids is 1. The average molecular weight is 685 g/mol. The van der Waals surface area contributed by atoms with Gasteiger partial charge in [0.2, 0.25) is 0 Å². The summed E-state index contributed by atoms with van der Waals surface area (Å²) in [5.41, 5.74) is 0. The summed E-state index contributed by atoms with van der Waals surface area (Å²) in [6.45, 7) is 15.6. The molecule has 1 rings (SSSR count). The van der Waals surface area contributed by atoms with Gasteiger partial charge in [-0.25, -0.2) is 4.79 Å². The minimum Gasteiger partial charge on any atom is -0.460 e. The van der Waals surface area contributed by atoms with Crippen molar-refractivity contribution in [2.75, 3.05) is 165 Å². The Hall–Kier alpha value is -1.31. The van der Waals surface area contributed by atoms with E-state index in [0.29, 0.717) is 152 Å². The number of carbonyl (C=O) groups is 1. The van der Waals surface area contributed by atoms with Gasteiger partial charge in [-0.2, -0.15) is 0 Å². The van der Waals surface area contributed by atoms with Crippen molar-refractivity contribution in [2.24, 2.45) is 0 Å². The molecule has 0 bridgehead atoms. The lowest BCUT2D eigenvalue weighted by molar-refractivity contribution is -0.169. The minimum absolute atomic E-state index is 0.0698. The number of esters is 1. The van der Waals surface area contributed by atoms with Crippen LogP contribution in [0.15, 0.2) is 12.7 Å². The first-order valence-corrected chi connectivity index (χ1v) is 16.7. The lowest BCUT2D eigenvalue weighted by atomic mass is 10.2. The maximum absolute atomic E-state index is 10.8. The molecule has 1 fully saturated rings. The van der Waals surface area contributed by atoms with Gasteiger partial charge in [-0.1, -0.05) is 6.58 Å². The van der Waals surface area contributed by atoms with E-state index in [-0.39, 0.29) is 12.9 Å². The van der Waals surface area contributed by atoms with Crippen LogP contribution in [0.1, 0.15) is 19.3 Å². The molecule has 15 nitrogen and oxygen atoms in total. The molecule has 15 heteroatoms. The molecule has 1 aliphatic heterocycles. The SMILES string of the molecule is C=CC(=O)OCCOCCOCCOCCOCCOCCOCCOCCOCCOCCOCCOCCOC1CCCCO1. The lowest BCUT2D eigenvalue weighted by Crippen LogP contribution is -2.24. The van der Waals surface area contributed by atoms with Gasteiger partial charge in [0.05, 0.1) is 152 Å². The van der Waals surface area contributed by atoms with Gasteiger partial charge in [-0.15, -0.1) is 0 Å². The van der Waals surface area contributed by atoms with E-state index in [1.54, 1.807) is 0 Å². The Labute approximate surface area is 280 Å². The first-order valence-electron chi connectivity index (χ1n) is 16.7. The summed E-state index contributed by atoms with van der Waals surface area (Å²) in [6.07, 6.45) is 4.29. The zero-order valence-corrected chi connectivity index (χ0v) is 28.3. The van der Waals surface area contributed by atoms with E-state index in [0.717, 1.165) is 31.9 Å². The maximum atomic E-state index is 10.8. The predicted octanol–water partition coefficient (Wildman–Crippen LogP) is 1.44. The van der Waals surface area contributed by atoms with E-state index in [1.807, 2.05) is 0 Å². The molecule has 47 heavy (non-hydrogen) atoms. The third kappa shape index (κ3) is 34.4. The highest BCUT2D eigenvalue weighted by atomic mass is 16.7. The van der Waals surface area contributed by atoms with Crippen LogP contribution in [0.5, 0.6) is 0 Å². The van der Waals surface area contributed by atoms with Gasteiger partial charge < -0.3 is 66.3 Å². The fourth-order valence-electron chi connectivity index (χ4n) is 3.64. The fraction of sp³-hybridized carbons (Fsp3) is 0.906. The summed E-state index contributed by atoms with van der Waals surface area (Å²) in [6, 6.07) is 0. The molecular formula is C32H60O15. The molecule has 0 radical (unpaired) electrons. The Morgan fingerprint density at radius 3 is 1.04 bits per heavy atom. The Bertz CT molecular complexity index is 652. The number of rotatable bonds is 38. The molecule has 278 valence electrons. The molecule has 0 aromatic rings. The van der Waals surface area contributed by atoms with Crippen LogP contribution in [0.4, 0.5) is 0 Å². The van der Waals surface area contributed by atoms with Crippen LogP contribution in [-0.4, -0.2) is 177 Å². The van der Waals surface area contributed by atoms with E-state index < -0.39 is 5.97 Å². The monoisotopic (exact) mass is 684 g/mol. The van der Waals surface area contributed by atoms with Crippen LogP contribution in [0.3, 0.4) is 0 Å². The van der Waals surface area contributed by atoms with Gasteiger partial charge in [-0.05, 0) is 19.3 Å². The van der Waals surface area contributed by atoms with Crippen molar-refractivity contribution in [3.63, 3.8) is 0 Å². The second kappa shape index (κ2) is 37.5. The third-order valence-electron chi connectivity index (χ3n) is 6.03.